The second-order valence-corrected chi connectivity index (χ2v) is 20.3. The molecule has 0 fully saturated rings. The molecule has 0 amide bonds. The van der Waals surface area contributed by atoms with Gasteiger partial charge in [0.15, 0.2) is 0 Å². The van der Waals surface area contributed by atoms with Gasteiger partial charge in [-0.05, 0) is 143 Å². The highest BCUT2D eigenvalue weighted by Crippen LogP contribution is 2.63. The topological polar surface area (TPSA) is 3.24 Å². The van der Waals surface area contributed by atoms with Crippen molar-refractivity contribution in [2.24, 2.45) is 5.41 Å². The van der Waals surface area contributed by atoms with Crippen LogP contribution in [0.2, 0.25) is 0 Å². The fourth-order valence-corrected chi connectivity index (χ4v) is 10.2. The zero-order valence-electron chi connectivity index (χ0n) is 37.0. The summed E-state index contributed by atoms with van der Waals surface area (Å²) in [6.45, 7) is 26.3. The zero-order chi connectivity index (χ0) is 41.7. The molecule has 0 radical (unpaired) electrons. The second-order valence-electron chi connectivity index (χ2n) is 20.3. The Morgan fingerprint density at radius 2 is 0.797 bits per heavy atom. The molecule has 0 bridgehead atoms. The minimum Gasteiger partial charge on any atom is -0.310 e. The van der Waals surface area contributed by atoms with Crippen molar-refractivity contribution < 1.29 is 0 Å². The van der Waals surface area contributed by atoms with Gasteiger partial charge in [0.2, 0.25) is 0 Å². The summed E-state index contributed by atoms with van der Waals surface area (Å²) in [5.41, 5.74) is 20.7. The van der Waals surface area contributed by atoms with E-state index in [9.17, 15) is 0 Å². The molecule has 7 aromatic carbocycles. The molecule has 9 rings (SSSR count). The van der Waals surface area contributed by atoms with Crippen LogP contribution in [0.1, 0.15) is 104 Å². The van der Waals surface area contributed by atoms with Gasteiger partial charge in [0, 0.05) is 22.5 Å². The molecule has 0 unspecified atom stereocenters. The lowest BCUT2D eigenvalue weighted by molar-refractivity contribution is 0.125. The molecule has 2 aliphatic carbocycles. The minimum absolute atomic E-state index is 0.00113. The Morgan fingerprint density at radius 3 is 1.34 bits per heavy atom. The highest BCUT2D eigenvalue weighted by molar-refractivity contribution is 5.89. The van der Waals surface area contributed by atoms with E-state index in [1.807, 2.05) is 0 Å². The zero-order valence-corrected chi connectivity index (χ0v) is 37.0. The van der Waals surface area contributed by atoms with E-state index >= 15 is 0 Å². The van der Waals surface area contributed by atoms with Crippen LogP contribution >= 0.6 is 0 Å². The van der Waals surface area contributed by atoms with E-state index in [0.29, 0.717) is 0 Å². The molecule has 1 nitrogen and oxygen atoms in total. The number of hydrogen-bond acceptors (Lipinski definition) is 1. The number of rotatable bonds is 6. The van der Waals surface area contributed by atoms with E-state index in [1.165, 1.54) is 72.3 Å². The number of fused-ring (bicyclic) bond motifs is 4. The predicted octanol–water partition coefficient (Wildman–Crippen LogP) is 16.4. The largest absolute Gasteiger partial charge is 0.310 e. The molecule has 2 aliphatic rings. The molecule has 59 heavy (non-hydrogen) atoms. The highest BCUT2D eigenvalue weighted by atomic mass is 15.1. The molecule has 0 spiro atoms. The molecule has 1 heteroatoms. The van der Waals surface area contributed by atoms with Crippen LogP contribution in [0.4, 0.5) is 17.1 Å². The Hall–Kier alpha value is -5.66. The van der Waals surface area contributed by atoms with Gasteiger partial charge in [0.05, 0.1) is 0 Å². The Balaban J connectivity index is 1.19. The van der Waals surface area contributed by atoms with Gasteiger partial charge in [-0.2, -0.15) is 0 Å². The lowest BCUT2D eigenvalue weighted by atomic mass is 9.59. The monoisotopic (exact) mass is 769 g/mol. The number of benzene rings is 7. The first-order valence-corrected chi connectivity index (χ1v) is 21.5. The van der Waals surface area contributed by atoms with Crippen molar-refractivity contribution >= 4 is 17.1 Å². The van der Waals surface area contributed by atoms with Crippen molar-refractivity contribution in [3.05, 3.63) is 186 Å². The first kappa shape index (κ1) is 38.8. The summed E-state index contributed by atoms with van der Waals surface area (Å²) in [4.78, 5) is 2.43. The average molecular weight is 770 g/mol. The van der Waals surface area contributed by atoms with E-state index in [0.717, 1.165) is 17.1 Å². The van der Waals surface area contributed by atoms with E-state index < -0.39 is 0 Å². The van der Waals surface area contributed by atoms with Crippen LogP contribution in [-0.4, -0.2) is 0 Å². The summed E-state index contributed by atoms with van der Waals surface area (Å²) in [5, 5.41) is 0. The molecule has 0 aliphatic heterocycles. The van der Waals surface area contributed by atoms with Crippen LogP contribution in [0.25, 0.3) is 44.5 Å². The van der Waals surface area contributed by atoms with Crippen molar-refractivity contribution in [1.29, 1.82) is 0 Å². The fourth-order valence-electron chi connectivity index (χ4n) is 10.2. The fraction of sp³-hybridized carbons (Fsp3) is 0.276. The molecule has 0 saturated carbocycles. The van der Waals surface area contributed by atoms with Crippen molar-refractivity contribution in [1.82, 2.24) is 0 Å². The van der Waals surface area contributed by atoms with E-state index in [-0.39, 0.29) is 27.1 Å². The van der Waals surface area contributed by atoms with Gasteiger partial charge >= 0.3 is 0 Å². The first-order valence-electron chi connectivity index (χ1n) is 21.5. The third kappa shape index (κ3) is 6.03. The normalized spacial score (nSPS) is 16.6. The number of nitrogens with zero attached hydrogens (tertiary/aromatic N) is 1. The van der Waals surface area contributed by atoms with Crippen LogP contribution in [0, 0.1) is 5.41 Å². The Kier molecular flexibility index (Phi) is 8.84. The Labute approximate surface area is 353 Å². The molecule has 0 N–H and O–H groups in total. The lowest BCUT2D eigenvalue weighted by Crippen LogP contribution is -2.42. The van der Waals surface area contributed by atoms with Gasteiger partial charge < -0.3 is 4.90 Å². The maximum Gasteiger partial charge on any atom is 0.0465 e. The van der Waals surface area contributed by atoms with Crippen LogP contribution < -0.4 is 4.90 Å². The maximum absolute atomic E-state index is 2.54. The number of hydrogen-bond donors (Lipinski definition) is 0. The van der Waals surface area contributed by atoms with Crippen LogP contribution in [0.3, 0.4) is 0 Å². The third-order valence-corrected chi connectivity index (χ3v) is 15.2. The molecular formula is C58H59N. The third-order valence-electron chi connectivity index (χ3n) is 15.2. The standard InChI is InChI=1S/C58H59N/c1-54(2,3)42-27-21-40(22-28-42)48-36-52-53(57(8,9)58(10,11)56(52,6)7)37-49(48)41-25-31-44(32-26-41)59(43-29-23-39(24-30-43)38-17-13-12-14-18-38)45-33-34-47-46-19-15-16-20-50(46)55(4,5)51(47)35-45/h12-37H,1-11H3. The van der Waals surface area contributed by atoms with Gasteiger partial charge in [-0.3, -0.25) is 0 Å². The van der Waals surface area contributed by atoms with E-state index in [1.54, 1.807) is 0 Å². The van der Waals surface area contributed by atoms with Gasteiger partial charge in [0.1, 0.15) is 0 Å². The van der Waals surface area contributed by atoms with Crippen molar-refractivity contribution in [3.8, 4) is 44.5 Å². The van der Waals surface area contributed by atoms with Crippen LogP contribution in [0.5, 0.6) is 0 Å². The van der Waals surface area contributed by atoms with Gasteiger partial charge in [0.25, 0.3) is 0 Å². The minimum atomic E-state index is -0.0966. The number of anilines is 3. The van der Waals surface area contributed by atoms with E-state index in [2.05, 4.69) is 239 Å². The summed E-state index contributed by atoms with van der Waals surface area (Å²) < 4.78 is 0. The van der Waals surface area contributed by atoms with E-state index in [4.69, 9.17) is 0 Å². The molecule has 0 saturated heterocycles. The summed E-state index contributed by atoms with van der Waals surface area (Å²) in [7, 11) is 0. The van der Waals surface area contributed by atoms with Gasteiger partial charge in [-0.1, -0.05) is 185 Å². The SMILES string of the molecule is CC(C)(C)c1ccc(-c2cc3c(cc2-c2ccc(N(c4ccc(-c5ccccc5)cc4)c4ccc5c(c4)C(C)(C)c4ccccc4-5)cc2)C(C)(C)C(C)(C)C3(C)C)cc1. The predicted molar refractivity (Wildman–Crippen MR) is 254 cm³/mol. The van der Waals surface area contributed by atoms with Gasteiger partial charge in [-0.15, -0.1) is 0 Å². The molecule has 0 atom stereocenters. The maximum atomic E-state index is 2.54. The molecular weight excluding hydrogens is 711 g/mol. The summed E-state index contributed by atoms with van der Waals surface area (Å²) in [5.74, 6) is 0. The average Bonchev–Trinajstić information content (AvgIpc) is 3.51. The van der Waals surface area contributed by atoms with Crippen LogP contribution in [0.15, 0.2) is 158 Å². The molecule has 7 aromatic rings. The van der Waals surface area contributed by atoms with Crippen LogP contribution in [-0.2, 0) is 21.7 Å². The smallest absolute Gasteiger partial charge is 0.0465 e. The van der Waals surface area contributed by atoms with Crippen molar-refractivity contribution in [3.63, 3.8) is 0 Å². The molecule has 0 heterocycles. The summed E-state index contributed by atoms with van der Waals surface area (Å²) >= 11 is 0. The van der Waals surface area contributed by atoms with Crippen molar-refractivity contribution in [2.45, 2.75) is 97.8 Å². The molecule has 296 valence electrons. The quantitative estimate of drug-likeness (QED) is 0.163. The Bertz CT molecular complexity index is 2700. The summed E-state index contributed by atoms with van der Waals surface area (Å²) in [6.07, 6.45) is 0. The second kappa shape index (κ2) is 13.4. The Morgan fingerprint density at radius 1 is 0.356 bits per heavy atom. The highest BCUT2D eigenvalue weighted by Gasteiger charge is 2.57. The first-order chi connectivity index (χ1) is 27.9. The van der Waals surface area contributed by atoms with Gasteiger partial charge in [-0.25, -0.2) is 0 Å². The van der Waals surface area contributed by atoms with Crippen molar-refractivity contribution in [2.75, 3.05) is 4.90 Å². The lowest BCUT2D eigenvalue weighted by Gasteiger charge is -2.44. The molecule has 0 aromatic heterocycles. The summed E-state index contributed by atoms with van der Waals surface area (Å²) in [6, 6.07) is 59.4.